The third kappa shape index (κ3) is 5.15. The molecule has 0 saturated carbocycles. The van der Waals surface area contributed by atoms with Crippen LogP contribution in [0.2, 0.25) is 0 Å². The number of hydrogen-bond acceptors (Lipinski definition) is 2. The Labute approximate surface area is 137 Å². The van der Waals surface area contributed by atoms with Crippen LogP contribution < -0.4 is 5.32 Å². The molecule has 4 nitrogen and oxygen atoms in total. The largest absolute Gasteiger partial charge is 0.356 e. The van der Waals surface area contributed by atoms with Gasteiger partial charge in [-0.3, -0.25) is 4.99 Å². The maximum absolute atomic E-state index is 4.51. The minimum absolute atomic E-state index is 0.778. The molecule has 2 fully saturated rings. The van der Waals surface area contributed by atoms with Crippen molar-refractivity contribution in [2.75, 3.05) is 46.3 Å². The van der Waals surface area contributed by atoms with Crippen LogP contribution >= 0.6 is 0 Å². The zero-order valence-corrected chi connectivity index (χ0v) is 15.1. The minimum Gasteiger partial charge on any atom is -0.356 e. The first kappa shape index (κ1) is 17.6. The average molecular weight is 309 g/mol. The number of piperidine rings is 2. The Hall–Kier alpha value is -0.770. The molecule has 2 heterocycles. The van der Waals surface area contributed by atoms with E-state index in [1.165, 1.54) is 45.3 Å². The third-order valence-corrected chi connectivity index (χ3v) is 5.37. The monoisotopic (exact) mass is 308 g/mol. The van der Waals surface area contributed by atoms with Crippen molar-refractivity contribution in [3.05, 3.63) is 0 Å². The maximum Gasteiger partial charge on any atom is 0.193 e. The first-order valence-corrected chi connectivity index (χ1v) is 9.30. The predicted octanol–water partition coefficient (Wildman–Crippen LogP) is 2.66. The van der Waals surface area contributed by atoms with Gasteiger partial charge in [-0.05, 0) is 63.1 Å². The molecular weight excluding hydrogens is 272 g/mol. The molecule has 4 heteroatoms. The number of hydrogen-bond donors (Lipinski definition) is 1. The predicted molar refractivity (Wildman–Crippen MR) is 95.3 cm³/mol. The molecule has 2 atom stereocenters. The summed E-state index contributed by atoms with van der Waals surface area (Å²) in [6.07, 6.45) is 5.37. The van der Waals surface area contributed by atoms with Gasteiger partial charge in [0.25, 0.3) is 0 Å². The summed E-state index contributed by atoms with van der Waals surface area (Å²) in [5, 5.41) is 3.62. The molecule has 2 unspecified atom stereocenters. The number of guanidine groups is 1. The Balaban J connectivity index is 1.70. The van der Waals surface area contributed by atoms with Gasteiger partial charge in [-0.1, -0.05) is 20.8 Å². The van der Waals surface area contributed by atoms with Gasteiger partial charge in [-0.15, -0.1) is 0 Å². The lowest BCUT2D eigenvalue weighted by Crippen LogP contribution is -2.48. The van der Waals surface area contributed by atoms with Crippen molar-refractivity contribution in [1.29, 1.82) is 0 Å². The summed E-state index contributed by atoms with van der Waals surface area (Å²) in [6.45, 7) is 14.2. The van der Waals surface area contributed by atoms with Crippen LogP contribution in [0.3, 0.4) is 0 Å². The summed E-state index contributed by atoms with van der Waals surface area (Å²) >= 11 is 0. The summed E-state index contributed by atoms with van der Waals surface area (Å²) in [5.74, 6) is 3.57. The van der Waals surface area contributed by atoms with Crippen molar-refractivity contribution in [1.82, 2.24) is 15.1 Å². The summed E-state index contributed by atoms with van der Waals surface area (Å²) in [7, 11) is 1.92. The Morgan fingerprint density at radius 1 is 1.14 bits per heavy atom. The second-order valence-corrected chi connectivity index (χ2v) is 7.49. The van der Waals surface area contributed by atoms with Crippen LogP contribution in [0.25, 0.3) is 0 Å². The summed E-state index contributed by atoms with van der Waals surface area (Å²) < 4.78 is 0. The molecule has 0 amide bonds. The molecule has 22 heavy (non-hydrogen) atoms. The van der Waals surface area contributed by atoms with Crippen LogP contribution in [-0.4, -0.2) is 62.1 Å². The fourth-order valence-electron chi connectivity index (χ4n) is 4.15. The van der Waals surface area contributed by atoms with Gasteiger partial charge in [0, 0.05) is 26.7 Å². The highest BCUT2D eigenvalue weighted by atomic mass is 15.3. The van der Waals surface area contributed by atoms with Crippen LogP contribution in [0, 0.1) is 17.8 Å². The molecule has 1 N–H and O–H groups in total. The van der Waals surface area contributed by atoms with Gasteiger partial charge in [-0.2, -0.15) is 0 Å². The van der Waals surface area contributed by atoms with Crippen LogP contribution in [0.4, 0.5) is 0 Å². The van der Waals surface area contributed by atoms with Crippen molar-refractivity contribution in [2.24, 2.45) is 22.7 Å². The van der Waals surface area contributed by atoms with Gasteiger partial charge in [0.1, 0.15) is 0 Å². The fourth-order valence-corrected chi connectivity index (χ4v) is 4.15. The fraction of sp³-hybridized carbons (Fsp3) is 0.944. The zero-order chi connectivity index (χ0) is 15.9. The molecule has 0 aliphatic carbocycles. The lowest BCUT2D eigenvalue weighted by Gasteiger charge is -2.37. The van der Waals surface area contributed by atoms with Crippen LogP contribution in [0.15, 0.2) is 4.99 Å². The molecule has 0 spiro atoms. The van der Waals surface area contributed by atoms with Crippen LogP contribution in [-0.2, 0) is 0 Å². The molecule has 2 aliphatic heterocycles. The van der Waals surface area contributed by atoms with Crippen LogP contribution in [0.1, 0.15) is 46.5 Å². The van der Waals surface area contributed by atoms with Crippen molar-refractivity contribution in [3.8, 4) is 0 Å². The van der Waals surface area contributed by atoms with Gasteiger partial charge < -0.3 is 15.1 Å². The molecule has 2 aliphatic rings. The summed E-state index contributed by atoms with van der Waals surface area (Å²) in [5.41, 5.74) is 0. The van der Waals surface area contributed by atoms with Gasteiger partial charge in [0.05, 0.1) is 0 Å². The maximum atomic E-state index is 4.51. The van der Waals surface area contributed by atoms with E-state index in [2.05, 4.69) is 40.9 Å². The van der Waals surface area contributed by atoms with Crippen molar-refractivity contribution >= 4 is 5.96 Å². The molecule has 2 saturated heterocycles. The highest BCUT2D eigenvalue weighted by molar-refractivity contribution is 5.80. The van der Waals surface area contributed by atoms with Gasteiger partial charge in [0.15, 0.2) is 5.96 Å². The second kappa shape index (κ2) is 8.76. The molecule has 2 rings (SSSR count). The smallest absolute Gasteiger partial charge is 0.193 e. The SMILES string of the molecule is CCN1CCC(CCNC(=NC)N2CC(C)CC(C)C2)CC1. The Morgan fingerprint density at radius 2 is 1.77 bits per heavy atom. The minimum atomic E-state index is 0.778. The van der Waals surface area contributed by atoms with Crippen molar-refractivity contribution in [2.45, 2.75) is 46.5 Å². The third-order valence-electron chi connectivity index (χ3n) is 5.37. The lowest BCUT2D eigenvalue weighted by atomic mass is 9.92. The normalized spacial score (nSPS) is 28.9. The van der Waals surface area contributed by atoms with E-state index in [4.69, 9.17) is 0 Å². The number of nitrogens with one attached hydrogen (secondary N) is 1. The summed E-state index contributed by atoms with van der Waals surface area (Å²) in [4.78, 5) is 9.54. The second-order valence-electron chi connectivity index (χ2n) is 7.49. The first-order valence-electron chi connectivity index (χ1n) is 9.30. The number of nitrogens with zero attached hydrogens (tertiary/aromatic N) is 3. The Bertz CT molecular complexity index is 337. The number of rotatable bonds is 4. The highest BCUT2D eigenvalue weighted by Crippen LogP contribution is 2.22. The molecule has 0 aromatic carbocycles. The molecular formula is C18H36N4. The topological polar surface area (TPSA) is 30.9 Å². The highest BCUT2D eigenvalue weighted by Gasteiger charge is 2.24. The van der Waals surface area contributed by atoms with E-state index in [0.717, 1.165) is 43.3 Å². The van der Waals surface area contributed by atoms with Gasteiger partial charge >= 0.3 is 0 Å². The zero-order valence-electron chi connectivity index (χ0n) is 15.1. The van der Waals surface area contributed by atoms with E-state index >= 15 is 0 Å². The number of likely N-dealkylation sites (tertiary alicyclic amines) is 2. The van der Waals surface area contributed by atoms with Crippen molar-refractivity contribution in [3.63, 3.8) is 0 Å². The van der Waals surface area contributed by atoms with E-state index in [1.54, 1.807) is 0 Å². The number of aliphatic imine (C=N–C) groups is 1. The molecule has 128 valence electrons. The van der Waals surface area contributed by atoms with E-state index in [1.807, 2.05) is 7.05 Å². The lowest BCUT2D eigenvalue weighted by molar-refractivity contribution is 0.186. The first-order chi connectivity index (χ1) is 10.6. The Morgan fingerprint density at radius 3 is 2.32 bits per heavy atom. The molecule has 0 aromatic heterocycles. The van der Waals surface area contributed by atoms with Crippen molar-refractivity contribution < 1.29 is 0 Å². The van der Waals surface area contributed by atoms with E-state index in [-0.39, 0.29) is 0 Å². The molecule has 0 aromatic rings. The Kier molecular flexibility index (Phi) is 7.00. The average Bonchev–Trinajstić information content (AvgIpc) is 2.51. The van der Waals surface area contributed by atoms with Crippen LogP contribution in [0.5, 0.6) is 0 Å². The quantitative estimate of drug-likeness (QED) is 0.640. The molecule has 0 bridgehead atoms. The van der Waals surface area contributed by atoms with E-state index < -0.39 is 0 Å². The van der Waals surface area contributed by atoms with Gasteiger partial charge in [0.2, 0.25) is 0 Å². The van der Waals surface area contributed by atoms with E-state index in [9.17, 15) is 0 Å². The van der Waals surface area contributed by atoms with Gasteiger partial charge in [-0.25, -0.2) is 0 Å². The summed E-state index contributed by atoms with van der Waals surface area (Å²) in [6, 6.07) is 0. The van der Waals surface area contributed by atoms with E-state index in [0.29, 0.717) is 0 Å². The standard InChI is InChI=1S/C18H36N4/c1-5-21-10-7-17(8-11-21)6-9-20-18(19-4)22-13-15(2)12-16(3)14-22/h15-17H,5-14H2,1-4H3,(H,19,20). The molecule has 0 radical (unpaired) electrons.